The van der Waals surface area contributed by atoms with Gasteiger partial charge in [-0.15, -0.1) is 0 Å². The zero-order valence-electron chi connectivity index (χ0n) is 17.5. The van der Waals surface area contributed by atoms with Gasteiger partial charge in [-0.25, -0.2) is 4.98 Å². The number of hydrogen-bond donors (Lipinski definition) is 1. The molecule has 30 heavy (non-hydrogen) atoms. The molecule has 1 aromatic carbocycles. The van der Waals surface area contributed by atoms with E-state index in [0.29, 0.717) is 38.4 Å². The van der Waals surface area contributed by atoms with Crippen molar-refractivity contribution in [1.82, 2.24) is 14.5 Å². The summed E-state index contributed by atoms with van der Waals surface area (Å²) in [6.45, 7) is 5.85. The van der Waals surface area contributed by atoms with Gasteiger partial charge in [-0.3, -0.25) is 9.59 Å². The van der Waals surface area contributed by atoms with Crippen LogP contribution in [-0.2, 0) is 16.1 Å². The van der Waals surface area contributed by atoms with Crippen LogP contribution >= 0.6 is 15.9 Å². The van der Waals surface area contributed by atoms with E-state index in [2.05, 4.69) is 34.8 Å². The third-order valence-corrected chi connectivity index (χ3v) is 5.89. The predicted octanol–water partition coefficient (Wildman–Crippen LogP) is 3.33. The third kappa shape index (κ3) is 5.84. The van der Waals surface area contributed by atoms with Crippen LogP contribution in [0.5, 0.6) is 5.75 Å². The summed E-state index contributed by atoms with van der Waals surface area (Å²) in [5.74, 6) is 1.60. The molecule has 0 aliphatic carbocycles. The minimum absolute atomic E-state index is 0.0776. The molecular weight excluding hydrogens is 448 g/mol. The Morgan fingerprint density at radius 3 is 2.87 bits per heavy atom. The van der Waals surface area contributed by atoms with Crippen molar-refractivity contribution in [2.24, 2.45) is 11.7 Å². The number of nitrogens with two attached hydrogens (primary N) is 1. The van der Waals surface area contributed by atoms with Gasteiger partial charge < -0.3 is 19.9 Å². The first-order valence-electron chi connectivity index (χ1n) is 10.3. The molecule has 1 saturated heterocycles. The summed E-state index contributed by atoms with van der Waals surface area (Å²) in [4.78, 5) is 30.7. The zero-order chi connectivity index (χ0) is 21.7. The first kappa shape index (κ1) is 22.3. The smallest absolute Gasteiger partial charge is 0.224 e. The molecule has 8 heteroatoms. The maximum absolute atomic E-state index is 12.8. The van der Waals surface area contributed by atoms with Crippen molar-refractivity contribution in [2.45, 2.75) is 51.7 Å². The highest BCUT2D eigenvalue weighted by Gasteiger charge is 2.34. The number of hydrogen-bond acceptors (Lipinski definition) is 4. The van der Waals surface area contributed by atoms with Gasteiger partial charge in [-0.05, 0) is 18.2 Å². The van der Waals surface area contributed by atoms with Gasteiger partial charge in [0.05, 0.1) is 0 Å². The topological polar surface area (TPSA) is 90.4 Å². The molecule has 2 amide bonds. The Bertz CT molecular complexity index is 883. The number of halogens is 1. The van der Waals surface area contributed by atoms with Gasteiger partial charge in [0.1, 0.15) is 17.7 Å². The number of rotatable bonds is 8. The highest BCUT2D eigenvalue weighted by Crippen LogP contribution is 2.27. The highest BCUT2D eigenvalue weighted by atomic mass is 79.9. The fourth-order valence-electron chi connectivity index (χ4n) is 3.95. The Morgan fingerprint density at radius 2 is 2.17 bits per heavy atom. The van der Waals surface area contributed by atoms with Crippen LogP contribution in [0.4, 0.5) is 0 Å². The summed E-state index contributed by atoms with van der Waals surface area (Å²) >= 11 is 3.44. The monoisotopic (exact) mass is 476 g/mol. The lowest BCUT2D eigenvalue weighted by Crippen LogP contribution is -2.49. The third-order valence-electron chi connectivity index (χ3n) is 5.39. The fraction of sp³-hybridized carbons (Fsp3) is 0.500. The van der Waals surface area contributed by atoms with E-state index in [1.54, 1.807) is 6.20 Å². The van der Waals surface area contributed by atoms with Crippen molar-refractivity contribution in [2.75, 3.05) is 13.1 Å². The molecule has 2 N–H and O–H groups in total. The number of ether oxygens (including phenoxy) is 1. The Hall–Kier alpha value is -2.35. The summed E-state index contributed by atoms with van der Waals surface area (Å²) in [6.07, 6.45) is 4.79. The number of carbonyl (C=O) groups is 2. The molecular formula is C22H29BrN4O3. The second-order valence-electron chi connectivity index (χ2n) is 8.06. The number of aryl methyl sites for hydroxylation is 1. The lowest BCUT2D eigenvalue weighted by molar-refractivity contribution is -0.136. The summed E-state index contributed by atoms with van der Waals surface area (Å²) in [5, 5.41) is 0. The Kier molecular flexibility index (Phi) is 7.53. The van der Waals surface area contributed by atoms with Crippen LogP contribution in [0.15, 0.2) is 41.1 Å². The maximum atomic E-state index is 12.8. The van der Waals surface area contributed by atoms with Gasteiger partial charge in [0.15, 0.2) is 0 Å². The van der Waals surface area contributed by atoms with E-state index in [0.717, 1.165) is 16.0 Å². The van der Waals surface area contributed by atoms with Crippen molar-refractivity contribution in [1.29, 1.82) is 0 Å². The average molecular weight is 477 g/mol. The van der Waals surface area contributed by atoms with E-state index in [1.807, 2.05) is 39.9 Å². The summed E-state index contributed by atoms with van der Waals surface area (Å²) in [5.41, 5.74) is 5.48. The van der Waals surface area contributed by atoms with Gasteiger partial charge in [-0.2, -0.15) is 0 Å². The van der Waals surface area contributed by atoms with Crippen LogP contribution in [0.2, 0.25) is 0 Å². The Labute approximate surface area is 185 Å². The number of amides is 2. The fourth-order valence-corrected chi connectivity index (χ4v) is 4.32. The molecule has 162 valence electrons. The molecule has 1 aromatic heterocycles. The van der Waals surface area contributed by atoms with Crippen molar-refractivity contribution in [3.8, 4) is 5.75 Å². The highest BCUT2D eigenvalue weighted by molar-refractivity contribution is 9.10. The number of aromatic nitrogens is 2. The largest absolute Gasteiger partial charge is 0.490 e. The molecule has 2 heterocycles. The number of piperidine rings is 1. The minimum atomic E-state index is -0.378. The molecule has 0 saturated carbocycles. The Morgan fingerprint density at radius 1 is 1.37 bits per heavy atom. The average Bonchev–Trinajstić information content (AvgIpc) is 3.16. The first-order chi connectivity index (χ1) is 14.3. The van der Waals surface area contributed by atoms with Gasteiger partial charge in [0, 0.05) is 67.6 Å². The van der Waals surface area contributed by atoms with E-state index < -0.39 is 0 Å². The van der Waals surface area contributed by atoms with Crippen molar-refractivity contribution < 1.29 is 14.3 Å². The molecule has 1 aliphatic heterocycles. The lowest BCUT2D eigenvalue weighted by atomic mass is 9.91. The first-order valence-corrected chi connectivity index (χ1v) is 11.1. The van der Waals surface area contributed by atoms with E-state index >= 15 is 0 Å². The predicted molar refractivity (Wildman–Crippen MR) is 118 cm³/mol. The van der Waals surface area contributed by atoms with Crippen molar-refractivity contribution in [3.63, 3.8) is 0 Å². The number of nitrogens with zero attached hydrogens (tertiary/aromatic N) is 3. The summed E-state index contributed by atoms with van der Waals surface area (Å²) < 4.78 is 9.11. The second kappa shape index (κ2) is 10.1. The van der Waals surface area contributed by atoms with Crippen molar-refractivity contribution in [3.05, 3.63) is 47.0 Å². The summed E-state index contributed by atoms with van der Waals surface area (Å²) in [7, 11) is 0. The van der Waals surface area contributed by atoms with Gasteiger partial charge >= 0.3 is 0 Å². The van der Waals surface area contributed by atoms with E-state index in [4.69, 9.17) is 10.5 Å². The number of carbonyl (C=O) groups excluding carboxylic acids is 2. The van der Waals surface area contributed by atoms with Gasteiger partial charge in [0.2, 0.25) is 11.8 Å². The maximum Gasteiger partial charge on any atom is 0.224 e. The van der Waals surface area contributed by atoms with Crippen LogP contribution in [0, 0.1) is 5.92 Å². The molecule has 0 radical (unpaired) electrons. The SMILES string of the molecule is CC(C)c1nccn1CCC(=O)N1CC[C@H](Oc2cccc(Br)c2)[C@@H](CC(N)=O)C1. The van der Waals surface area contributed by atoms with Crippen LogP contribution in [0.25, 0.3) is 0 Å². The van der Waals surface area contributed by atoms with Crippen molar-refractivity contribution >= 4 is 27.7 Å². The normalized spacial score (nSPS) is 19.1. The molecule has 1 aliphatic rings. The van der Waals surface area contributed by atoms with Crippen LogP contribution in [-0.4, -0.2) is 45.5 Å². The van der Waals surface area contributed by atoms with Crippen LogP contribution in [0.1, 0.15) is 44.9 Å². The molecule has 2 aromatic rings. The lowest BCUT2D eigenvalue weighted by Gasteiger charge is -2.38. The molecule has 3 rings (SSSR count). The van der Waals surface area contributed by atoms with Gasteiger partial charge in [0.25, 0.3) is 0 Å². The molecule has 1 fully saturated rings. The van der Waals surface area contributed by atoms with E-state index in [-0.39, 0.29) is 30.3 Å². The minimum Gasteiger partial charge on any atom is -0.490 e. The molecule has 0 spiro atoms. The van der Waals surface area contributed by atoms with E-state index in [9.17, 15) is 9.59 Å². The molecule has 0 unspecified atom stereocenters. The quantitative estimate of drug-likeness (QED) is 0.632. The van der Waals surface area contributed by atoms with E-state index in [1.165, 1.54) is 0 Å². The summed E-state index contributed by atoms with van der Waals surface area (Å²) in [6, 6.07) is 7.63. The van der Waals surface area contributed by atoms with Crippen LogP contribution in [0.3, 0.4) is 0 Å². The molecule has 2 atom stereocenters. The number of primary amides is 1. The van der Waals surface area contributed by atoms with Gasteiger partial charge in [-0.1, -0.05) is 35.8 Å². The molecule has 7 nitrogen and oxygen atoms in total. The number of likely N-dealkylation sites (tertiary alicyclic amines) is 1. The number of imidazole rings is 1. The van der Waals surface area contributed by atoms with Crippen LogP contribution < -0.4 is 10.5 Å². The number of benzene rings is 1. The standard InChI is InChI=1S/C22H29BrN4O3/c1-15(2)22-25-8-11-26(22)10-7-21(29)27-9-6-19(16(14-27)12-20(24)28)30-18-5-3-4-17(23)13-18/h3-5,8,11,13,15-16,19H,6-7,9-10,12,14H2,1-2H3,(H2,24,28)/t16-,19-/m0/s1. The molecule has 0 bridgehead atoms. The zero-order valence-corrected chi connectivity index (χ0v) is 19.0. The Balaban J connectivity index is 1.61. The second-order valence-corrected chi connectivity index (χ2v) is 8.97.